The predicted octanol–water partition coefficient (Wildman–Crippen LogP) is 5.77. The van der Waals surface area contributed by atoms with E-state index in [0.717, 1.165) is 54.6 Å². The lowest BCUT2D eigenvalue weighted by Crippen LogP contribution is -2.26. The van der Waals surface area contributed by atoms with Gasteiger partial charge in [0.25, 0.3) is 0 Å². The van der Waals surface area contributed by atoms with Crippen LogP contribution in [0, 0.1) is 0 Å². The van der Waals surface area contributed by atoms with Crippen molar-refractivity contribution >= 4 is 72.3 Å². The number of imidazole rings is 1. The van der Waals surface area contributed by atoms with Gasteiger partial charge in [-0.15, -0.1) is 0 Å². The van der Waals surface area contributed by atoms with Gasteiger partial charge < -0.3 is 4.57 Å². The molecule has 0 aliphatic rings. The molecule has 8 aromatic rings. The minimum absolute atomic E-state index is 0.704. The summed E-state index contributed by atoms with van der Waals surface area (Å²) in [4.78, 5) is 17.9. The van der Waals surface area contributed by atoms with Crippen LogP contribution in [-0.4, -0.2) is 24.3 Å². The van der Waals surface area contributed by atoms with E-state index < -0.39 is 7.14 Å². The van der Waals surface area contributed by atoms with Gasteiger partial charge in [-0.2, -0.15) is 0 Å². The van der Waals surface area contributed by atoms with Gasteiger partial charge in [0, 0.05) is 50.7 Å². The molecule has 0 radical (unpaired) electrons. The number of hydrogen-bond donors (Lipinski definition) is 0. The maximum Gasteiger partial charge on any atom is 0.171 e. The van der Waals surface area contributed by atoms with Gasteiger partial charge in [0.1, 0.15) is 12.0 Å². The molecule has 1 atom stereocenters. The maximum absolute atomic E-state index is 15.8. The van der Waals surface area contributed by atoms with E-state index in [1.54, 1.807) is 18.6 Å². The molecule has 4 heterocycles. The first kappa shape index (κ1) is 22.1. The van der Waals surface area contributed by atoms with E-state index in [-0.39, 0.29) is 0 Å². The van der Waals surface area contributed by atoms with Crippen LogP contribution in [-0.2, 0) is 4.57 Å². The van der Waals surface area contributed by atoms with Crippen molar-refractivity contribution < 1.29 is 4.57 Å². The number of fused-ring (bicyclic) bond motifs is 9. The van der Waals surface area contributed by atoms with E-state index in [9.17, 15) is 0 Å². The van der Waals surface area contributed by atoms with Crippen LogP contribution in [0.5, 0.6) is 0 Å². The summed E-state index contributed by atoms with van der Waals surface area (Å²) in [7, 11) is -3.41. The molecule has 1 unspecified atom stereocenters. The molecule has 184 valence electrons. The monoisotopic (exact) mass is 521 g/mol. The SMILES string of the molecule is O=P(c1ccncc1)(c1ccc2cncnc2c1)c1cccc2c3ccccc3n3c4ccccc4nc3c12. The Morgan fingerprint density at radius 3 is 2.36 bits per heavy atom. The molecule has 0 saturated heterocycles. The van der Waals surface area contributed by atoms with Gasteiger partial charge in [-0.1, -0.05) is 60.7 Å². The quantitative estimate of drug-likeness (QED) is 0.218. The van der Waals surface area contributed by atoms with E-state index >= 15 is 4.57 Å². The summed E-state index contributed by atoms with van der Waals surface area (Å²) in [6.45, 7) is 0. The fourth-order valence-electron chi connectivity index (χ4n) is 5.74. The smallest absolute Gasteiger partial charge is 0.171 e. The molecule has 7 heteroatoms. The largest absolute Gasteiger partial charge is 0.309 e. The van der Waals surface area contributed by atoms with Crippen LogP contribution in [0.1, 0.15) is 0 Å². The molecule has 39 heavy (non-hydrogen) atoms. The van der Waals surface area contributed by atoms with Crippen LogP contribution < -0.4 is 15.9 Å². The molecular formula is C32H20N5OP. The molecular weight excluding hydrogens is 501 g/mol. The minimum atomic E-state index is -3.41. The highest BCUT2D eigenvalue weighted by Gasteiger charge is 2.33. The third-order valence-corrected chi connectivity index (χ3v) is 10.6. The van der Waals surface area contributed by atoms with Gasteiger partial charge in [-0.3, -0.25) is 9.38 Å². The van der Waals surface area contributed by atoms with Crippen LogP contribution in [0.2, 0.25) is 0 Å². The number of hydrogen-bond acceptors (Lipinski definition) is 5. The molecule has 0 aliphatic heterocycles. The summed E-state index contributed by atoms with van der Waals surface area (Å²) in [5, 5.41) is 6.03. The first-order valence-electron chi connectivity index (χ1n) is 12.7. The molecule has 0 saturated carbocycles. The zero-order chi connectivity index (χ0) is 26.0. The summed E-state index contributed by atoms with van der Waals surface area (Å²) in [5.41, 5.74) is 4.51. The van der Waals surface area contributed by atoms with Crippen LogP contribution in [0.25, 0.3) is 49.3 Å². The molecule has 4 aromatic heterocycles. The first-order chi connectivity index (χ1) is 19.2. The topological polar surface area (TPSA) is 73.0 Å². The van der Waals surface area contributed by atoms with Crippen molar-refractivity contribution in [2.75, 3.05) is 0 Å². The van der Waals surface area contributed by atoms with Gasteiger partial charge in [0.05, 0.1) is 22.1 Å². The van der Waals surface area contributed by atoms with E-state index in [2.05, 4.69) is 43.6 Å². The van der Waals surface area contributed by atoms with Crippen LogP contribution in [0.15, 0.2) is 122 Å². The standard InChI is InChI=1S/C32H20N5OP/c38-39(22-14-16-33-17-15-22,23-13-12-21-19-34-20-35-27(21)18-23)30-11-5-7-25-24-6-1-3-9-28(24)37-29-10-4-2-8-26(29)36-32(37)31(25)30/h1-20H. The summed E-state index contributed by atoms with van der Waals surface area (Å²) in [5.74, 6) is 0. The summed E-state index contributed by atoms with van der Waals surface area (Å²) in [6.07, 6.45) is 6.69. The third kappa shape index (κ3) is 3.13. The normalized spacial score (nSPS) is 13.4. The number of aromatic nitrogens is 5. The lowest BCUT2D eigenvalue weighted by Gasteiger charge is -2.22. The summed E-state index contributed by atoms with van der Waals surface area (Å²) in [6, 6.07) is 32.1. The third-order valence-electron chi connectivity index (χ3n) is 7.48. The Balaban J connectivity index is 1.59. The van der Waals surface area contributed by atoms with E-state index in [0.29, 0.717) is 10.6 Å². The number of para-hydroxylation sites is 3. The molecule has 0 spiro atoms. The van der Waals surface area contributed by atoms with Crippen molar-refractivity contribution in [2.24, 2.45) is 0 Å². The second-order valence-corrected chi connectivity index (χ2v) is 12.3. The number of rotatable bonds is 3. The highest BCUT2D eigenvalue weighted by Crippen LogP contribution is 2.46. The van der Waals surface area contributed by atoms with Crippen molar-refractivity contribution in [3.63, 3.8) is 0 Å². The average Bonchev–Trinajstić information content (AvgIpc) is 3.41. The molecule has 4 aromatic carbocycles. The Morgan fingerprint density at radius 1 is 0.667 bits per heavy atom. The molecule has 0 aliphatic carbocycles. The first-order valence-corrected chi connectivity index (χ1v) is 14.4. The Bertz CT molecular complexity index is 2280. The van der Waals surface area contributed by atoms with Crippen molar-refractivity contribution in [1.82, 2.24) is 24.3 Å². The lowest BCUT2D eigenvalue weighted by atomic mass is 10.1. The summed E-state index contributed by atoms with van der Waals surface area (Å²) >= 11 is 0. The highest BCUT2D eigenvalue weighted by molar-refractivity contribution is 7.85. The lowest BCUT2D eigenvalue weighted by molar-refractivity contribution is 0.592. The van der Waals surface area contributed by atoms with Crippen molar-refractivity contribution in [1.29, 1.82) is 0 Å². The highest BCUT2D eigenvalue weighted by atomic mass is 31.2. The van der Waals surface area contributed by atoms with Gasteiger partial charge in [-0.05, 0) is 41.8 Å². The maximum atomic E-state index is 15.8. The Labute approximate surface area is 223 Å². The number of nitrogens with zero attached hydrogens (tertiary/aromatic N) is 5. The molecule has 0 N–H and O–H groups in total. The Morgan fingerprint density at radius 2 is 1.46 bits per heavy atom. The molecule has 8 rings (SSSR count). The van der Waals surface area contributed by atoms with E-state index in [4.69, 9.17) is 4.98 Å². The van der Waals surface area contributed by atoms with Crippen LogP contribution in [0.3, 0.4) is 0 Å². The second kappa shape index (κ2) is 8.29. The van der Waals surface area contributed by atoms with Gasteiger partial charge in [0.15, 0.2) is 7.14 Å². The Kier molecular flexibility index (Phi) is 4.69. The minimum Gasteiger partial charge on any atom is -0.309 e. The molecule has 0 bridgehead atoms. The number of benzene rings is 4. The van der Waals surface area contributed by atoms with Gasteiger partial charge >= 0.3 is 0 Å². The number of pyridine rings is 2. The summed E-state index contributed by atoms with van der Waals surface area (Å²) < 4.78 is 18.0. The zero-order valence-corrected chi connectivity index (χ0v) is 21.5. The zero-order valence-electron chi connectivity index (χ0n) is 20.6. The molecule has 6 nitrogen and oxygen atoms in total. The molecule has 0 amide bonds. The Hall–Kier alpha value is -4.93. The van der Waals surface area contributed by atoms with Crippen LogP contribution >= 0.6 is 7.14 Å². The second-order valence-electron chi connectivity index (χ2n) is 9.56. The molecule has 0 fully saturated rings. The van der Waals surface area contributed by atoms with E-state index in [1.807, 2.05) is 72.8 Å². The average molecular weight is 522 g/mol. The van der Waals surface area contributed by atoms with E-state index in [1.165, 1.54) is 6.33 Å². The van der Waals surface area contributed by atoms with Gasteiger partial charge in [0.2, 0.25) is 0 Å². The fourth-order valence-corrected chi connectivity index (χ4v) is 8.56. The fraction of sp³-hybridized carbons (Fsp3) is 0. The van der Waals surface area contributed by atoms with Crippen molar-refractivity contribution in [3.05, 3.63) is 122 Å². The predicted molar refractivity (Wildman–Crippen MR) is 158 cm³/mol. The van der Waals surface area contributed by atoms with Crippen molar-refractivity contribution in [2.45, 2.75) is 0 Å². The van der Waals surface area contributed by atoms with Crippen molar-refractivity contribution in [3.8, 4) is 0 Å². The van der Waals surface area contributed by atoms with Gasteiger partial charge in [-0.25, -0.2) is 15.0 Å². The van der Waals surface area contributed by atoms with Crippen LogP contribution in [0.4, 0.5) is 0 Å².